The quantitative estimate of drug-likeness (QED) is 0.361. The second kappa shape index (κ2) is 4.67. The summed E-state index contributed by atoms with van der Waals surface area (Å²) in [5.41, 5.74) is -1.74. The topological polar surface area (TPSA) is 56.0 Å². The van der Waals surface area contributed by atoms with Crippen molar-refractivity contribution in [3.8, 4) is 0 Å². The fourth-order valence-electron chi connectivity index (χ4n) is 1.04. The van der Waals surface area contributed by atoms with Gasteiger partial charge in [0.05, 0.1) is 16.4 Å². The van der Waals surface area contributed by atoms with Crippen LogP contribution < -0.4 is 0 Å². The SMILES string of the molecule is O=[N+]([O-])c1c(CCl)cnc(Cl)c1C(F)F. The van der Waals surface area contributed by atoms with Crippen molar-refractivity contribution < 1.29 is 13.7 Å². The molecule has 82 valence electrons. The summed E-state index contributed by atoms with van der Waals surface area (Å²) in [6.07, 6.45) is -2.05. The van der Waals surface area contributed by atoms with Gasteiger partial charge in [-0.1, -0.05) is 11.6 Å². The number of alkyl halides is 3. The molecule has 15 heavy (non-hydrogen) atoms. The molecule has 1 heterocycles. The Morgan fingerprint density at radius 1 is 1.60 bits per heavy atom. The van der Waals surface area contributed by atoms with E-state index < -0.39 is 27.8 Å². The van der Waals surface area contributed by atoms with Gasteiger partial charge in [-0.3, -0.25) is 10.1 Å². The number of pyridine rings is 1. The number of nitrogens with zero attached hydrogens (tertiary/aromatic N) is 2. The predicted molar refractivity (Wildman–Crippen MR) is 50.4 cm³/mol. The van der Waals surface area contributed by atoms with Crippen molar-refractivity contribution in [2.45, 2.75) is 12.3 Å². The molecule has 0 atom stereocenters. The lowest BCUT2D eigenvalue weighted by atomic mass is 10.1. The third-order valence-corrected chi connectivity index (χ3v) is 2.25. The van der Waals surface area contributed by atoms with Gasteiger partial charge in [0.1, 0.15) is 10.7 Å². The maximum absolute atomic E-state index is 12.5. The fraction of sp³-hybridized carbons (Fsp3) is 0.286. The zero-order valence-corrected chi connectivity index (χ0v) is 8.60. The first kappa shape index (κ1) is 12.1. The average molecular weight is 257 g/mol. The highest BCUT2D eigenvalue weighted by Gasteiger charge is 2.29. The van der Waals surface area contributed by atoms with E-state index in [0.717, 1.165) is 6.20 Å². The highest BCUT2D eigenvalue weighted by molar-refractivity contribution is 6.30. The Bertz CT molecular complexity index is 401. The van der Waals surface area contributed by atoms with Crippen LogP contribution in [0.4, 0.5) is 14.5 Å². The summed E-state index contributed by atoms with van der Waals surface area (Å²) >= 11 is 10.7. The van der Waals surface area contributed by atoms with Crippen LogP contribution in [0.2, 0.25) is 5.15 Å². The monoisotopic (exact) mass is 256 g/mol. The molecule has 0 fully saturated rings. The lowest BCUT2D eigenvalue weighted by Gasteiger charge is -2.06. The summed E-state index contributed by atoms with van der Waals surface area (Å²) in [5, 5.41) is 10.0. The number of rotatable bonds is 3. The van der Waals surface area contributed by atoms with Crippen molar-refractivity contribution in [1.82, 2.24) is 4.98 Å². The van der Waals surface area contributed by atoms with E-state index in [4.69, 9.17) is 23.2 Å². The Morgan fingerprint density at radius 2 is 2.20 bits per heavy atom. The first-order chi connectivity index (χ1) is 6.99. The summed E-state index contributed by atoms with van der Waals surface area (Å²) in [6, 6.07) is 0. The van der Waals surface area contributed by atoms with E-state index in [1.165, 1.54) is 0 Å². The Balaban J connectivity index is 3.51. The number of nitro groups is 1. The largest absolute Gasteiger partial charge is 0.287 e. The average Bonchev–Trinajstić information content (AvgIpc) is 2.16. The Hall–Kier alpha value is -1.01. The molecule has 1 aromatic rings. The molecule has 0 amide bonds. The summed E-state index contributed by atoms with van der Waals surface area (Å²) in [5.74, 6) is -0.278. The summed E-state index contributed by atoms with van der Waals surface area (Å²) in [7, 11) is 0. The molecule has 8 heteroatoms. The van der Waals surface area contributed by atoms with E-state index in [2.05, 4.69) is 4.98 Å². The molecule has 1 aromatic heterocycles. The van der Waals surface area contributed by atoms with Crippen molar-refractivity contribution in [2.24, 2.45) is 0 Å². The van der Waals surface area contributed by atoms with Gasteiger partial charge >= 0.3 is 0 Å². The molecule has 0 saturated carbocycles. The standard InChI is InChI=1S/C7H4Cl2F2N2O2/c8-1-3-2-12-6(9)4(7(10)11)5(3)13(14)15/h2,7H,1H2. The van der Waals surface area contributed by atoms with Gasteiger partial charge in [0.15, 0.2) is 0 Å². The molecule has 0 spiro atoms. The first-order valence-electron chi connectivity index (χ1n) is 3.64. The molecule has 4 nitrogen and oxygen atoms in total. The van der Waals surface area contributed by atoms with Crippen molar-refractivity contribution in [1.29, 1.82) is 0 Å². The molecule has 0 unspecified atom stereocenters. The van der Waals surface area contributed by atoms with Crippen LogP contribution in [-0.4, -0.2) is 9.91 Å². The molecule has 0 aliphatic heterocycles. The predicted octanol–water partition coefficient (Wildman–Crippen LogP) is 3.32. The van der Waals surface area contributed by atoms with Crippen LogP contribution in [0.5, 0.6) is 0 Å². The van der Waals surface area contributed by atoms with E-state index >= 15 is 0 Å². The maximum Gasteiger partial charge on any atom is 0.287 e. The number of halogens is 4. The third kappa shape index (κ3) is 2.32. The van der Waals surface area contributed by atoms with Crippen LogP contribution in [-0.2, 0) is 5.88 Å². The zero-order valence-electron chi connectivity index (χ0n) is 7.08. The van der Waals surface area contributed by atoms with Crippen molar-refractivity contribution in [3.05, 3.63) is 32.6 Å². The van der Waals surface area contributed by atoms with Gasteiger partial charge in [-0.25, -0.2) is 13.8 Å². The second-order valence-corrected chi connectivity index (χ2v) is 3.15. The molecule has 0 aliphatic rings. The van der Waals surface area contributed by atoms with E-state index in [1.54, 1.807) is 0 Å². The van der Waals surface area contributed by atoms with E-state index in [-0.39, 0.29) is 11.4 Å². The lowest BCUT2D eigenvalue weighted by molar-refractivity contribution is -0.387. The minimum Gasteiger partial charge on any atom is -0.258 e. The van der Waals surface area contributed by atoms with Gasteiger partial charge in [-0.15, -0.1) is 11.6 Å². The molecule has 0 saturated heterocycles. The van der Waals surface area contributed by atoms with Gasteiger partial charge in [-0.05, 0) is 0 Å². The van der Waals surface area contributed by atoms with Crippen LogP contribution in [0, 0.1) is 10.1 Å². The number of aromatic nitrogens is 1. The highest BCUT2D eigenvalue weighted by Crippen LogP contribution is 2.36. The minimum atomic E-state index is -3.06. The molecule has 1 rings (SSSR count). The van der Waals surface area contributed by atoms with Gasteiger partial charge < -0.3 is 0 Å². The van der Waals surface area contributed by atoms with Crippen LogP contribution in [0.15, 0.2) is 6.20 Å². The minimum absolute atomic E-state index is 0.0821. The van der Waals surface area contributed by atoms with Gasteiger partial charge in [0.25, 0.3) is 12.1 Å². The first-order valence-corrected chi connectivity index (χ1v) is 4.56. The van der Waals surface area contributed by atoms with Crippen molar-refractivity contribution >= 4 is 28.9 Å². The lowest BCUT2D eigenvalue weighted by Crippen LogP contribution is -2.02. The molecule has 0 aromatic carbocycles. The Kier molecular flexibility index (Phi) is 3.76. The maximum atomic E-state index is 12.5. The van der Waals surface area contributed by atoms with Crippen molar-refractivity contribution in [2.75, 3.05) is 0 Å². The molecule has 0 aliphatic carbocycles. The number of hydrogen-bond acceptors (Lipinski definition) is 3. The van der Waals surface area contributed by atoms with Crippen LogP contribution in [0.25, 0.3) is 0 Å². The smallest absolute Gasteiger partial charge is 0.258 e. The summed E-state index contributed by atoms with van der Waals surface area (Å²) in [6.45, 7) is 0. The Morgan fingerprint density at radius 3 is 2.60 bits per heavy atom. The molecule has 0 bridgehead atoms. The van der Waals surface area contributed by atoms with Crippen LogP contribution >= 0.6 is 23.2 Å². The van der Waals surface area contributed by atoms with Crippen LogP contribution in [0.1, 0.15) is 17.6 Å². The van der Waals surface area contributed by atoms with Gasteiger partial charge in [0.2, 0.25) is 0 Å². The number of hydrogen-bond donors (Lipinski definition) is 0. The third-order valence-electron chi connectivity index (χ3n) is 1.66. The van der Waals surface area contributed by atoms with Gasteiger partial charge in [0, 0.05) is 6.20 Å². The fourth-order valence-corrected chi connectivity index (χ4v) is 1.46. The van der Waals surface area contributed by atoms with Crippen LogP contribution in [0.3, 0.4) is 0 Å². The normalized spacial score (nSPS) is 10.7. The molecule has 0 N–H and O–H groups in total. The molecule has 0 radical (unpaired) electrons. The van der Waals surface area contributed by atoms with Crippen molar-refractivity contribution in [3.63, 3.8) is 0 Å². The van der Waals surface area contributed by atoms with E-state index in [1.807, 2.05) is 0 Å². The molecular formula is C7H4Cl2F2N2O2. The summed E-state index contributed by atoms with van der Waals surface area (Å²) in [4.78, 5) is 13.1. The molecular weight excluding hydrogens is 253 g/mol. The second-order valence-electron chi connectivity index (χ2n) is 2.53. The van der Waals surface area contributed by atoms with E-state index in [9.17, 15) is 18.9 Å². The zero-order chi connectivity index (χ0) is 11.6. The summed E-state index contributed by atoms with van der Waals surface area (Å²) < 4.78 is 25.0. The highest BCUT2D eigenvalue weighted by atomic mass is 35.5. The van der Waals surface area contributed by atoms with E-state index in [0.29, 0.717) is 0 Å². The van der Waals surface area contributed by atoms with Gasteiger partial charge in [-0.2, -0.15) is 0 Å². The Labute approximate surface area is 93.0 Å².